The summed E-state index contributed by atoms with van der Waals surface area (Å²) in [6.07, 6.45) is 1.88. The molecule has 88 valence electrons. The van der Waals surface area contributed by atoms with Crippen molar-refractivity contribution >= 4 is 5.69 Å². The fourth-order valence-electron chi connectivity index (χ4n) is 1.59. The minimum Gasteiger partial charge on any atom is -0.481 e. The molecule has 2 heterocycles. The van der Waals surface area contributed by atoms with Crippen LogP contribution in [0.1, 0.15) is 12.8 Å². The maximum absolute atomic E-state index is 5.79. The molecule has 0 radical (unpaired) electrons. The highest BCUT2D eigenvalue weighted by molar-refractivity contribution is 5.49. The van der Waals surface area contributed by atoms with Crippen LogP contribution in [0.25, 0.3) is 0 Å². The summed E-state index contributed by atoms with van der Waals surface area (Å²) in [5.41, 5.74) is 6.32. The lowest BCUT2D eigenvalue weighted by atomic mass is 10.1. The van der Waals surface area contributed by atoms with Gasteiger partial charge in [-0.3, -0.25) is 0 Å². The Hall–Kier alpha value is -1.49. The standard InChI is InChI=1S/C11H16N2O3/c1-14-10-3-2-9(12)11(13-10)16-8-4-6-15-7-5-8/h2-3,8H,4-7,12H2,1H3. The lowest BCUT2D eigenvalue weighted by Gasteiger charge is -2.23. The highest BCUT2D eigenvalue weighted by atomic mass is 16.5. The molecule has 1 aliphatic rings. The highest BCUT2D eigenvalue weighted by Crippen LogP contribution is 2.25. The number of methoxy groups -OCH3 is 1. The molecule has 0 bridgehead atoms. The van der Waals surface area contributed by atoms with Crippen LogP contribution in [0.15, 0.2) is 12.1 Å². The van der Waals surface area contributed by atoms with Crippen molar-refractivity contribution in [3.8, 4) is 11.8 Å². The molecule has 1 fully saturated rings. The molecule has 1 aliphatic heterocycles. The zero-order chi connectivity index (χ0) is 11.4. The molecule has 0 spiro atoms. The predicted molar refractivity (Wildman–Crippen MR) is 59.7 cm³/mol. The molecule has 2 N–H and O–H groups in total. The van der Waals surface area contributed by atoms with Crippen LogP contribution in [-0.4, -0.2) is 31.4 Å². The van der Waals surface area contributed by atoms with Gasteiger partial charge in [-0.05, 0) is 6.07 Å². The van der Waals surface area contributed by atoms with Gasteiger partial charge in [-0.15, -0.1) is 0 Å². The Bertz CT molecular complexity index is 351. The number of anilines is 1. The first kappa shape index (κ1) is 11.0. The van der Waals surface area contributed by atoms with Gasteiger partial charge in [0.25, 0.3) is 0 Å². The van der Waals surface area contributed by atoms with Crippen LogP contribution < -0.4 is 15.2 Å². The topological polar surface area (TPSA) is 66.6 Å². The first-order chi connectivity index (χ1) is 7.79. The molecule has 0 unspecified atom stereocenters. The van der Waals surface area contributed by atoms with E-state index >= 15 is 0 Å². The zero-order valence-corrected chi connectivity index (χ0v) is 9.31. The second-order valence-corrected chi connectivity index (χ2v) is 3.68. The Morgan fingerprint density at radius 3 is 2.81 bits per heavy atom. The smallest absolute Gasteiger partial charge is 0.240 e. The van der Waals surface area contributed by atoms with Crippen LogP contribution in [0.3, 0.4) is 0 Å². The molecule has 1 aromatic heterocycles. The number of aromatic nitrogens is 1. The first-order valence-corrected chi connectivity index (χ1v) is 5.34. The number of hydrogen-bond donors (Lipinski definition) is 1. The van der Waals surface area contributed by atoms with Crippen LogP contribution in [0.5, 0.6) is 11.8 Å². The number of nitrogens with zero attached hydrogens (tertiary/aromatic N) is 1. The number of nitrogen functional groups attached to an aromatic ring is 1. The molecule has 0 amide bonds. The van der Waals surface area contributed by atoms with Crippen molar-refractivity contribution in [2.24, 2.45) is 0 Å². The summed E-state index contributed by atoms with van der Waals surface area (Å²) in [7, 11) is 1.57. The summed E-state index contributed by atoms with van der Waals surface area (Å²) in [5.74, 6) is 0.961. The summed E-state index contributed by atoms with van der Waals surface area (Å²) < 4.78 is 16.0. The molecule has 0 aliphatic carbocycles. The van der Waals surface area contributed by atoms with Crippen molar-refractivity contribution in [2.45, 2.75) is 18.9 Å². The molecule has 1 saturated heterocycles. The summed E-state index contributed by atoms with van der Waals surface area (Å²) in [4.78, 5) is 4.17. The third-order valence-electron chi connectivity index (χ3n) is 2.52. The summed E-state index contributed by atoms with van der Waals surface area (Å²) >= 11 is 0. The van der Waals surface area contributed by atoms with Gasteiger partial charge in [0.05, 0.1) is 26.0 Å². The van der Waals surface area contributed by atoms with E-state index in [0.717, 1.165) is 26.1 Å². The van der Waals surface area contributed by atoms with Crippen molar-refractivity contribution in [1.82, 2.24) is 4.98 Å². The molecule has 0 atom stereocenters. The Labute approximate surface area is 94.5 Å². The molecule has 1 aromatic rings. The summed E-state index contributed by atoms with van der Waals surface area (Å²) in [5, 5.41) is 0. The van der Waals surface area contributed by atoms with Gasteiger partial charge in [0.2, 0.25) is 11.8 Å². The maximum atomic E-state index is 5.79. The average Bonchev–Trinajstić information content (AvgIpc) is 2.33. The van der Waals surface area contributed by atoms with Gasteiger partial charge in [0.15, 0.2) is 0 Å². The second kappa shape index (κ2) is 5.03. The Kier molecular flexibility index (Phi) is 3.46. The number of ether oxygens (including phenoxy) is 3. The van der Waals surface area contributed by atoms with Crippen molar-refractivity contribution in [3.63, 3.8) is 0 Å². The van der Waals surface area contributed by atoms with E-state index in [1.54, 1.807) is 19.2 Å². The normalized spacial score (nSPS) is 17.1. The van der Waals surface area contributed by atoms with E-state index in [1.807, 2.05) is 0 Å². The fourth-order valence-corrected chi connectivity index (χ4v) is 1.59. The van der Waals surface area contributed by atoms with Crippen LogP contribution in [0.2, 0.25) is 0 Å². The van der Waals surface area contributed by atoms with Crippen molar-refractivity contribution < 1.29 is 14.2 Å². The SMILES string of the molecule is COc1ccc(N)c(OC2CCOCC2)n1. The van der Waals surface area contributed by atoms with Gasteiger partial charge < -0.3 is 19.9 Å². The molecule has 0 aromatic carbocycles. The van der Waals surface area contributed by atoms with Gasteiger partial charge >= 0.3 is 0 Å². The second-order valence-electron chi connectivity index (χ2n) is 3.68. The van der Waals surface area contributed by atoms with Crippen molar-refractivity contribution in [2.75, 3.05) is 26.1 Å². The number of hydrogen-bond acceptors (Lipinski definition) is 5. The van der Waals surface area contributed by atoms with E-state index in [9.17, 15) is 0 Å². The molecule has 5 nitrogen and oxygen atoms in total. The van der Waals surface area contributed by atoms with E-state index in [4.69, 9.17) is 19.9 Å². The molecular formula is C11H16N2O3. The minimum absolute atomic E-state index is 0.135. The molecular weight excluding hydrogens is 208 g/mol. The third-order valence-corrected chi connectivity index (χ3v) is 2.52. The van der Waals surface area contributed by atoms with Crippen LogP contribution in [0.4, 0.5) is 5.69 Å². The Balaban J connectivity index is 2.06. The molecule has 5 heteroatoms. The van der Waals surface area contributed by atoms with Gasteiger partial charge in [0, 0.05) is 18.9 Å². The van der Waals surface area contributed by atoms with Crippen LogP contribution in [0, 0.1) is 0 Å². The van der Waals surface area contributed by atoms with Crippen molar-refractivity contribution in [1.29, 1.82) is 0 Å². The largest absolute Gasteiger partial charge is 0.481 e. The van der Waals surface area contributed by atoms with E-state index in [1.165, 1.54) is 0 Å². The van der Waals surface area contributed by atoms with Crippen LogP contribution in [-0.2, 0) is 4.74 Å². The number of rotatable bonds is 3. The molecule has 16 heavy (non-hydrogen) atoms. The number of nitrogens with two attached hydrogens (primary N) is 1. The molecule has 0 saturated carbocycles. The van der Waals surface area contributed by atoms with Crippen molar-refractivity contribution in [3.05, 3.63) is 12.1 Å². The number of pyridine rings is 1. The van der Waals surface area contributed by atoms with Crippen LogP contribution >= 0.6 is 0 Å². The summed E-state index contributed by atoms with van der Waals surface area (Å²) in [6.45, 7) is 1.46. The zero-order valence-electron chi connectivity index (χ0n) is 9.31. The van der Waals surface area contributed by atoms with E-state index in [-0.39, 0.29) is 6.10 Å². The maximum Gasteiger partial charge on any atom is 0.240 e. The minimum atomic E-state index is 0.135. The van der Waals surface area contributed by atoms with Gasteiger partial charge in [-0.1, -0.05) is 0 Å². The fraction of sp³-hybridized carbons (Fsp3) is 0.545. The van der Waals surface area contributed by atoms with E-state index in [0.29, 0.717) is 17.4 Å². The monoisotopic (exact) mass is 224 g/mol. The highest BCUT2D eigenvalue weighted by Gasteiger charge is 2.17. The predicted octanol–water partition coefficient (Wildman–Crippen LogP) is 1.23. The van der Waals surface area contributed by atoms with Gasteiger partial charge in [0.1, 0.15) is 6.10 Å². The Morgan fingerprint density at radius 2 is 2.12 bits per heavy atom. The van der Waals surface area contributed by atoms with E-state index < -0.39 is 0 Å². The lowest BCUT2D eigenvalue weighted by Crippen LogP contribution is -2.26. The average molecular weight is 224 g/mol. The van der Waals surface area contributed by atoms with E-state index in [2.05, 4.69) is 4.98 Å². The summed E-state index contributed by atoms with van der Waals surface area (Å²) in [6, 6.07) is 3.45. The van der Waals surface area contributed by atoms with Gasteiger partial charge in [-0.25, -0.2) is 0 Å². The Morgan fingerprint density at radius 1 is 1.38 bits per heavy atom. The third kappa shape index (κ3) is 2.55. The molecule has 2 rings (SSSR count). The first-order valence-electron chi connectivity index (χ1n) is 5.34. The quantitative estimate of drug-likeness (QED) is 0.836. The lowest BCUT2D eigenvalue weighted by molar-refractivity contribution is 0.0239. The van der Waals surface area contributed by atoms with Gasteiger partial charge in [-0.2, -0.15) is 4.98 Å².